The molecule has 0 aromatic rings. The van der Waals surface area contributed by atoms with Crippen molar-refractivity contribution in [3.05, 3.63) is 0 Å². The minimum Gasteiger partial charge on any atom is -0.336 e. The Morgan fingerprint density at radius 2 is 2.23 bits per heavy atom. The molecule has 0 bridgehead atoms. The number of nitrogens with one attached hydrogen (secondary N) is 2. The van der Waals surface area contributed by atoms with Crippen molar-refractivity contribution in [2.45, 2.75) is 58.0 Å². The summed E-state index contributed by atoms with van der Waals surface area (Å²) < 4.78 is 0. The fourth-order valence-electron chi connectivity index (χ4n) is 1.51. The van der Waals surface area contributed by atoms with Crippen molar-refractivity contribution in [1.82, 2.24) is 10.6 Å². The molecule has 2 amide bonds. The van der Waals surface area contributed by atoms with E-state index in [2.05, 4.69) is 17.6 Å². The number of urea groups is 1. The van der Waals surface area contributed by atoms with Gasteiger partial charge in [-0.1, -0.05) is 13.3 Å². The molecule has 3 heteroatoms. The summed E-state index contributed by atoms with van der Waals surface area (Å²) in [7, 11) is 0. The molecule has 1 aliphatic rings. The Morgan fingerprint density at radius 1 is 1.54 bits per heavy atom. The minimum absolute atomic E-state index is 0.00523. The molecular weight excluding hydrogens is 164 g/mol. The highest BCUT2D eigenvalue weighted by Gasteiger charge is 2.19. The molecule has 1 saturated carbocycles. The zero-order valence-electron chi connectivity index (χ0n) is 8.60. The van der Waals surface area contributed by atoms with Crippen LogP contribution in [0.5, 0.6) is 0 Å². The fraction of sp³-hybridized carbons (Fsp3) is 0.900. The van der Waals surface area contributed by atoms with Crippen LogP contribution in [-0.4, -0.2) is 18.1 Å². The normalized spacial score (nSPS) is 18.9. The first-order chi connectivity index (χ1) is 6.22. The van der Waals surface area contributed by atoms with Crippen molar-refractivity contribution in [2.75, 3.05) is 0 Å². The van der Waals surface area contributed by atoms with Crippen LogP contribution in [0, 0.1) is 0 Å². The predicted octanol–water partition coefficient (Wildman–Crippen LogP) is 2.03. The van der Waals surface area contributed by atoms with Crippen LogP contribution < -0.4 is 10.6 Å². The monoisotopic (exact) mass is 184 g/mol. The minimum atomic E-state index is 0.00523. The molecule has 1 fully saturated rings. The van der Waals surface area contributed by atoms with Gasteiger partial charge in [-0.3, -0.25) is 0 Å². The second-order valence-electron chi connectivity index (χ2n) is 3.94. The van der Waals surface area contributed by atoms with Gasteiger partial charge < -0.3 is 10.6 Å². The molecule has 0 aromatic carbocycles. The first kappa shape index (κ1) is 10.4. The van der Waals surface area contributed by atoms with E-state index in [0.717, 1.165) is 25.7 Å². The van der Waals surface area contributed by atoms with Gasteiger partial charge in [-0.25, -0.2) is 4.79 Å². The van der Waals surface area contributed by atoms with Crippen molar-refractivity contribution in [2.24, 2.45) is 0 Å². The average molecular weight is 184 g/mol. The summed E-state index contributed by atoms with van der Waals surface area (Å²) in [5, 5.41) is 5.89. The summed E-state index contributed by atoms with van der Waals surface area (Å²) in [5.41, 5.74) is 0. The number of carbonyl (C=O) groups is 1. The van der Waals surface area contributed by atoms with Crippen molar-refractivity contribution < 1.29 is 4.79 Å². The topological polar surface area (TPSA) is 41.1 Å². The predicted molar refractivity (Wildman–Crippen MR) is 53.7 cm³/mol. The first-order valence-electron chi connectivity index (χ1n) is 5.29. The number of amides is 2. The zero-order valence-corrected chi connectivity index (χ0v) is 8.60. The van der Waals surface area contributed by atoms with Gasteiger partial charge >= 0.3 is 6.03 Å². The highest BCUT2D eigenvalue weighted by molar-refractivity contribution is 5.74. The number of rotatable bonds is 4. The standard InChI is InChI=1S/C10H20N2O/c1-3-5-8(2)11-10(13)12-9-6-4-7-9/h8-9H,3-7H2,1-2H3,(H2,11,12,13). The molecule has 0 aliphatic heterocycles. The van der Waals surface area contributed by atoms with E-state index in [0.29, 0.717) is 12.1 Å². The highest BCUT2D eigenvalue weighted by atomic mass is 16.2. The second kappa shape index (κ2) is 5.10. The molecule has 2 N–H and O–H groups in total. The molecule has 76 valence electrons. The lowest BCUT2D eigenvalue weighted by Gasteiger charge is -2.27. The van der Waals surface area contributed by atoms with Gasteiger partial charge in [0.05, 0.1) is 0 Å². The highest BCUT2D eigenvalue weighted by Crippen LogP contribution is 2.17. The molecule has 0 aromatic heterocycles. The maximum atomic E-state index is 11.3. The Bertz CT molecular complexity index is 166. The number of hydrogen-bond donors (Lipinski definition) is 2. The van der Waals surface area contributed by atoms with Gasteiger partial charge in [0.25, 0.3) is 0 Å². The molecule has 1 atom stereocenters. The molecule has 0 saturated heterocycles. The summed E-state index contributed by atoms with van der Waals surface area (Å²) in [4.78, 5) is 11.3. The van der Waals surface area contributed by atoms with Crippen molar-refractivity contribution in [1.29, 1.82) is 0 Å². The first-order valence-corrected chi connectivity index (χ1v) is 5.29. The number of hydrogen-bond acceptors (Lipinski definition) is 1. The van der Waals surface area contributed by atoms with Gasteiger partial charge in [-0.2, -0.15) is 0 Å². The summed E-state index contributed by atoms with van der Waals surface area (Å²) in [6.45, 7) is 4.17. The zero-order chi connectivity index (χ0) is 9.68. The lowest BCUT2D eigenvalue weighted by molar-refractivity contribution is 0.225. The maximum Gasteiger partial charge on any atom is 0.315 e. The van der Waals surface area contributed by atoms with E-state index in [1.807, 2.05) is 6.92 Å². The van der Waals surface area contributed by atoms with Crippen LogP contribution >= 0.6 is 0 Å². The molecule has 0 spiro atoms. The van der Waals surface area contributed by atoms with Crippen LogP contribution in [0.2, 0.25) is 0 Å². The molecule has 1 aliphatic carbocycles. The Kier molecular flexibility index (Phi) is 4.06. The van der Waals surface area contributed by atoms with Gasteiger partial charge in [0.1, 0.15) is 0 Å². The van der Waals surface area contributed by atoms with Gasteiger partial charge in [0, 0.05) is 12.1 Å². The Balaban J connectivity index is 2.08. The van der Waals surface area contributed by atoms with E-state index in [1.165, 1.54) is 6.42 Å². The van der Waals surface area contributed by atoms with Crippen LogP contribution in [0.1, 0.15) is 46.0 Å². The van der Waals surface area contributed by atoms with Gasteiger partial charge in [0.15, 0.2) is 0 Å². The number of carbonyl (C=O) groups excluding carboxylic acids is 1. The third kappa shape index (κ3) is 3.66. The molecule has 1 unspecified atom stereocenters. The van der Waals surface area contributed by atoms with Crippen molar-refractivity contribution in [3.63, 3.8) is 0 Å². The molecule has 3 nitrogen and oxygen atoms in total. The average Bonchev–Trinajstić information content (AvgIpc) is 1.97. The smallest absolute Gasteiger partial charge is 0.315 e. The molecule has 1 rings (SSSR count). The van der Waals surface area contributed by atoms with E-state index in [9.17, 15) is 4.79 Å². The fourth-order valence-corrected chi connectivity index (χ4v) is 1.51. The van der Waals surface area contributed by atoms with Crippen LogP contribution in [0.25, 0.3) is 0 Å². The molecular formula is C10H20N2O. The van der Waals surface area contributed by atoms with Crippen LogP contribution in [-0.2, 0) is 0 Å². The lowest BCUT2D eigenvalue weighted by Crippen LogP contribution is -2.47. The Hall–Kier alpha value is -0.730. The summed E-state index contributed by atoms with van der Waals surface area (Å²) >= 11 is 0. The van der Waals surface area contributed by atoms with Crippen molar-refractivity contribution in [3.8, 4) is 0 Å². The largest absolute Gasteiger partial charge is 0.336 e. The van der Waals surface area contributed by atoms with Crippen molar-refractivity contribution >= 4 is 6.03 Å². The van der Waals surface area contributed by atoms with E-state index >= 15 is 0 Å². The summed E-state index contributed by atoms with van der Waals surface area (Å²) in [6, 6.07) is 0.740. The molecule has 0 heterocycles. The molecule has 13 heavy (non-hydrogen) atoms. The lowest BCUT2D eigenvalue weighted by atomic mass is 9.93. The SMILES string of the molecule is CCCC(C)NC(=O)NC1CCC1. The van der Waals surface area contributed by atoms with E-state index in [-0.39, 0.29) is 6.03 Å². The van der Waals surface area contributed by atoms with E-state index < -0.39 is 0 Å². The van der Waals surface area contributed by atoms with E-state index in [4.69, 9.17) is 0 Å². The third-order valence-corrected chi connectivity index (χ3v) is 2.54. The van der Waals surface area contributed by atoms with Gasteiger partial charge in [0.2, 0.25) is 0 Å². The van der Waals surface area contributed by atoms with Crippen LogP contribution in [0.3, 0.4) is 0 Å². The quantitative estimate of drug-likeness (QED) is 0.689. The Morgan fingerprint density at radius 3 is 2.69 bits per heavy atom. The third-order valence-electron chi connectivity index (χ3n) is 2.54. The summed E-state index contributed by atoms with van der Waals surface area (Å²) in [6.07, 6.45) is 5.73. The second-order valence-corrected chi connectivity index (χ2v) is 3.94. The van der Waals surface area contributed by atoms with Gasteiger partial charge in [-0.05, 0) is 32.6 Å². The van der Waals surface area contributed by atoms with Crippen LogP contribution in [0.15, 0.2) is 0 Å². The summed E-state index contributed by atoms with van der Waals surface area (Å²) in [5.74, 6) is 0. The molecule has 0 radical (unpaired) electrons. The maximum absolute atomic E-state index is 11.3. The Labute approximate surface area is 80.3 Å². The van der Waals surface area contributed by atoms with E-state index in [1.54, 1.807) is 0 Å². The van der Waals surface area contributed by atoms with Crippen LogP contribution in [0.4, 0.5) is 4.79 Å². The van der Waals surface area contributed by atoms with Gasteiger partial charge in [-0.15, -0.1) is 0 Å².